The van der Waals surface area contributed by atoms with Gasteiger partial charge in [-0.25, -0.2) is 0 Å². The van der Waals surface area contributed by atoms with Gasteiger partial charge in [-0.2, -0.15) is 10.1 Å². The van der Waals surface area contributed by atoms with Crippen LogP contribution < -0.4 is 10.6 Å². The Kier molecular flexibility index (Phi) is 3.61. The van der Waals surface area contributed by atoms with Gasteiger partial charge in [0.25, 0.3) is 5.91 Å². The fraction of sp³-hybridized carbons (Fsp3) is 0.462. The van der Waals surface area contributed by atoms with Crippen LogP contribution in [-0.4, -0.2) is 31.7 Å². The molecule has 1 fully saturated rings. The average molecular weight is 304 g/mol. The number of carbonyl (C=O) groups excluding carboxylic acids is 2. The van der Waals surface area contributed by atoms with E-state index in [-0.39, 0.29) is 24.4 Å². The predicted octanol–water partition coefficient (Wildman–Crippen LogP) is -0.00738. The second-order valence-electron chi connectivity index (χ2n) is 5.18. The Morgan fingerprint density at radius 2 is 2.41 bits per heavy atom. The number of rotatable bonds is 4. The van der Waals surface area contributed by atoms with Crippen molar-refractivity contribution in [2.75, 3.05) is 0 Å². The van der Waals surface area contributed by atoms with E-state index in [4.69, 9.17) is 4.52 Å². The first-order valence-electron chi connectivity index (χ1n) is 6.93. The van der Waals surface area contributed by atoms with Gasteiger partial charge in [0.05, 0.1) is 12.2 Å². The van der Waals surface area contributed by atoms with Gasteiger partial charge < -0.3 is 15.2 Å². The molecular formula is C13H16N6O3. The summed E-state index contributed by atoms with van der Waals surface area (Å²) in [4.78, 5) is 27.4. The van der Waals surface area contributed by atoms with Crippen LogP contribution >= 0.6 is 0 Å². The van der Waals surface area contributed by atoms with Crippen LogP contribution in [0.15, 0.2) is 10.6 Å². The second kappa shape index (κ2) is 5.58. The molecule has 1 saturated heterocycles. The van der Waals surface area contributed by atoms with E-state index in [1.165, 1.54) is 4.68 Å². The summed E-state index contributed by atoms with van der Waals surface area (Å²) in [6.45, 7) is 1.96. The molecule has 2 aromatic heterocycles. The zero-order valence-electron chi connectivity index (χ0n) is 12.3. The summed E-state index contributed by atoms with van der Waals surface area (Å²) in [6, 6.07) is 1.47. The first-order valence-corrected chi connectivity index (χ1v) is 6.93. The third kappa shape index (κ3) is 2.83. The van der Waals surface area contributed by atoms with Crippen molar-refractivity contribution in [3.05, 3.63) is 29.2 Å². The van der Waals surface area contributed by atoms with Crippen molar-refractivity contribution in [1.82, 2.24) is 30.6 Å². The van der Waals surface area contributed by atoms with Crippen LogP contribution in [-0.2, 0) is 18.4 Å². The van der Waals surface area contributed by atoms with Gasteiger partial charge in [-0.05, 0) is 19.4 Å². The fourth-order valence-electron chi connectivity index (χ4n) is 2.35. The quantitative estimate of drug-likeness (QED) is 0.821. The highest BCUT2D eigenvalue weighted by Gasteiger charge is 2.27. The van der Waals surface area contributed by atoms with Crippen LogP contribution in [0.2, 0.25) is 0 Å². The minimum Gasteiger partial charge on any atom is -0.344 e. The van der Waals surface area contributed by atoms with Gasteiger partial charge in [-0.3, -0.25) is 14.3 Å². The maximum atomic E-state index is 12.0. The van der Waals surface area contributed by atoms with Gasteiger partial charge >= 0.3 is 0 Å². The summed E-state index contributed by atoms with van der Waals surface area (Å²) in [5.74, 6) is 0.447. The van der Waals surface area contributed by atoms with Crippen molar-refractivity contribution in [3.8, 4) is 0 Å². The van der Waals surface area contributed by atoms with Crippen molar-refractivity contribution in [2.45, 2.75) is 32.4 Å². The number of nitrogens with one attached hydrogen (secondary N) is 2. The van der Waals surface area contributed by atoms with Gasteiger partial charge in [0.15, 0.2) is 5.82 Å². The van der Waals surface area contributed by atoms with Gasteiger partial charge in [-0.15, -0.1) is 0 Å². The van der Waals surface area contributed by atoms with Crippen LogP contribution in [0.4, 0.5) is 0 Å². The van der Waals surface area contributed by atoms with E-state index in [2.05, 4.69) is 25.9 Å². The van der Waals surface area contributed by atoms with Crippen LogP contribution in [0.25, 0.3) is 0 Å². The Morgan fingerprint density at radius 1 is 1.59 bits per heavy atom. The highest BCUT2D eigenvalue weighted by atomic mass is 16.5. The van der Waals surface area contributed by atoms with Gasteiger partial charge in [0.1, 0.15) is 11.7 Å². The number of amides is 2. The zero-order chi connectivity index (χ0) is 15.7. The van der Waals surface area contributed by atoms with Crippen LogP contribution in [0, 0.1) is 6.92 Å². The lowest BCUT2D eigenvalue weighted by Gasteiger charge is -2.02. The van der Waals surface area contributed by atoms with Crippen LogP contribution in [0.5, 0.6) is 0 Å². The minimum atomic E-state index is -0.261. The number of nitrogens with zero attached hydrogens (tertiary/aromatic N) is 4. The molecule has 0 unspecified atom stereocenters. The maximum absolute atomic E-state index is 12.0. The normalized spacial score (nSPS) is 17.5. The Hall–Kier alpha value is -2.71. The summed E-state index contributed by atoms with van der Waals surface area (Å²) in [5.41, 5.74) is 1.23. The summed E-state index contributed by atoms with van der Waals surface area (Å²) in [6.07, 6.45) is 1.10. The lowest BCUT2D eigenvalue weighted by Crippen LogP contribution is -2.25. The summed E-state index contributed by atoms with van der Waals surface area (Å²) >= 11 is 0. The molecular weight excluding hydrogens is 288 g/mol. The van der Waals surface area contributed by atoms with E-state index in [0.717, 1.165) is 5.69 Å². The highest BCUT2D eigenvalue weighted by molar-refractivity contribution is 5.92. The molecule has 22 heavy (non-hydrogen) atoms. The van der Waals surface area contributed by atoms with E-state index in [9.17, 15) is 9.59 Å². The molecule has 1 aliphatic rings. The van der Waals surface area contributed by atoms with Gasteiger partial charge in [0.2, 0.25) is 11.8 Å². The van der Waals surface area contributed by atoms with Gasteiger partial charge in [0, 0.05) is 13.5 Å². The topological polar surface area (TPSA) is 115 Å². The van der Waals surface area contributed by atoms with E-state index in [1.807, 2.05) is 6.92 Å². The summed E-state index contributed by atoms with van der Waals surface area (Å²) < 4.78 is 6.63. The van der Waals surface area contributed by atoms with E-state index in [1.54, 1.807) is 13.1 Å². The van der Waals surface area contributed by atoms with Crippen LogP contribution in [0.1, 0.15) is 46.8 Å². The van der Waals surface area contributed by atoms with Crippen molar-refractivity contribution in [3.63, 3.8) is 0 Å². The van der Waals surface area contributed by atoms with E-state index in [0.29, 0.717) is 30.3 Å². The molecule has 0 saturated carbocycles. The summed E-state index contributed by atoms with van der Waals surface area (Å²) in [7, 11) is 1.71. The average Bonchev–Trinajstić information content (AvgIpc) is 3.16. The molecule has 116 valence electrons. The molecule has 0 radical (unpaired) electrons. The molecule has 9 nitrogen and oxygen atoms in total. The molecule has 3 heterocycles. The molecule has 9 heteroatoms. The SMILES string of the molecule is Cc1cc(C(=O)NCc2noc([C@@H]3CCC(=O)N3)n2)n(C)n1. The Balaban J connectivity index is 1.60. The number of hydrogen-bond donors (Lipinski definition) is 2. The third-order valence-electron chi connectivity index (χ3n) is 3.42. The number of hydrogen-bond acceptors (Lipinski definition) is 6. The van der Waals surface area contributed by atoms with Gasteiger partial charge in [-0.1, -0.05) is 5.16 Å². The Labute approximate surface area is 126 Å². The van der Waals surface area contributed by atoms with Crippen molar-refractivity contribution >= 4 is 11.8 Å². The third-order valence-corrected chi connectivity index (χ3v) is 3.42. The smallest absolute Gasteiger partial charge is 0.269 e. The number of carbonyl (C=O) groups is 2. The fourth-order valence-corrected chi connectivity index (χ4v) is 2.35. The standard InChI is InChI=1S/C13H16N6O3/c1-7-5-9(19(2)17-7)12(21)14-6-10-16-13(22-18-10)8-3-4-11(20)15-8/h5,8H,3-4,6H2,1-2H3,(H,14,21)(H,15,20)/t8-/m0/s1. The Bertz CT molecular complexity index is 719. The van der Waals surface area contributed by atoms with Crippen molar-refractivity contribution in [1.29, 1.82) is 0 Å². The number of aryl methyl sites for hydroxylation is 2. The molecule has 1 atom stereocenters. The number of aromatic nitrogens is 4. The first kappa shape index (κ1) is 14.2. The predicted molar refractivity (Wildman–Crippen MR) is 73.5 cm³/mol. The molecule has 0 bridgehead atoms. The molecule has 2 aromatic rings. The lowest BCUT2D eigenvalue weighted by molar-refractivity contribution is -0.119. The molecule has 0 spiro atoms. The lowest BCUT2D eigenvalue weighted by atomic mass is 10.2. The largest absolute Gasteiger partial charge is 0.344 e. The van der Waals surface area contributed by atoms with Crippen molar-refractivity contribution in [2.24, 2.45) is 7.05 Å². The van der Waals surface area contributed by atoms with Crippen LogP contribution in [0.3, 0.4) is 0 Å². The zero-order valence-corrected chi connectivity index (χ0v) is 12.3. The van der Waals surface area contributed by atoms with Crippen molar-refractivity contribution < 1.29 is 14.1 Å². The van der Waals surface area contributed by atoms with E-state index < -0.39 is 0 Å². The summed E-state index contributed by atoms with van der Waals surface area (Å²) in [5, 5.41) is 13.4. The molecule has 0 aliphatic carbocycles. The molecule has 3 rings (SSSR count). The first-order chi connectivity index (χ1) is 10.5. The monoisotopic (exact) mass is 304 g/mol. The maximum Gasteiger partial charge on any atom is 0.269 e. The molecule has 2 amide bonds. The molecule has 2 N–H and O–H groups in total. The van der Waals surface area contributed by atoms with E-state index >= 15 is 0 Å². The highest BCUT2D eigenvalue weighted by Crippen LogP contribution is 2.21. The Morgan fingerprint density at radius 3 is 3.05 bits per heavy atom. The molecule has 0 aromatic carbocycles. The second-order valence-corrected chi connectivity index (χ2v) is 5.18. The minimum absolute atomic E-state index is 0.0235. The molecule has 1 aliphatic heterocycles.